The molecule has 0 radical (unpaired) electrons. The number of hydrogen-bond acceptors (Lipinski definition) is 1. The molecule has 14 heavy (non-hydrogen) atoms. The maximum absolute atomic E-state index is 5.94. The zero-order valence-corrected chi connectivity index (χ0v) is 8.72. The Kier molecular flexibility index (Phi) is 2.42. The molecule has 1 nitrogen and oxygen atoms in total. The summed E-state index contributed by atoms with van der Waals surface area (Å²) in [5, 5.41) is 0. The fourth-order valence-corrected chi connectivity index (χ4v) is 2.29. The first-order chi connectivity index (χ1) is 6.72. The van der Waals surface area contributed by atoms with Crippen LogP contribution in [-0.2, 0) is 12.8 Å². The van der Waals surface area contributed by atoms with Gasteiger partial charge in [-0.05, 0) is 48.4 Å². The van der Waals surface area contributed by atoms with Crippen LogP contribution < -0.4 is 5.73 Å². The van der Waals surface area contributed by atoms with Gasteiger partial charge in [0.1, 0.15) is 0 Å². The van der Waals surface area contributed by atoms with Crippen molar-refractivity contribution in [1.29, 1.82) is 0 Å². The van der Waals surface area contributed by atoms with E-state index < -0.39 is 0 Å². The number of benzene rings is 1. The first kappa shape index (κ1) is 9.47. The van der Waals surface area contributed by atoms with Gasteiger partial charge in [0.25, 0.3) is 0 Å². The normalized spacial score (nSPS) is 16.4. The van der Waals surface area contributed by atoms with Crippen molar-refractivity contribution in [3.63, 3.8) is 0 Å². The Morgan fingerprint density at radius 3 is 2.93 bits per heavy atom. The van der Waals surface area contributed by atoms with Gasteiger partial charge in [-0.15, -0.1) is 6.58 Å². The van der Waals surface area contributed by atoms with Crippen molar-refractivity contribution in [2.24, 2.45) is 5.73 Å². The first-order valence-electron chi connectivity index (χ1n) is 5.23. The fourth-order valence-electron chi connectivity index (χ4n) is 2.29. The maximum atomic E-state index is 5.94. The third kappa shape index (κ3) is 1.48. The molecule has 1 aromatic carbocycles. The third-order valence-corrected chi connectivity index (χ3v) is 3.10. The number of hydrogen-bond donors (Lipinski definition) is 1. The average molecular weight is 187 g/mol. The Balaban J connectivity index is 2.46. The van der Waals surface area contributed by atoms with E-state index in [1.54, 1.807) is 11.6 Å². The highest BCUT2D eigenvalue weighted by atomic mass is 14.6. The van der Waals surface area contributed by atoms with E-state index in [0.29, 0.717) is 0 Å². The number of rotatable bonds is 2. The summed E-state index contributed by atoms with van der Waals surface area (Å²) in [4.78, 5) is 0. The van der Waals surface area contributed by atoms with Crippen LogP contribution in [0.1, 0.15) is 34.7 Å². The Morgan fingerprint density at radius 2 is 2.21 bits per heavy atom. The predicted octanol–water partition coefficient (Wildman–Crippen LogP) is 2.67. The highest BCUT2D eigenvalue weighted by molar-refractivity contribution is 5.43. The van der Waals surface area contributed by atoms with Gasteiger partial charge in [0.05, 0.1) is 0 Å². The van der Waals surface area contributed by atoms with Crippen LogP contribution >= 0.6 is 0 Å². The lowest BCUT2D eigenvalue weighted by Crippen LogP contribution is -2.07. The summed E-state index contributed by atoms with van der Waals surface area (Å²) in [6.45, 7) is 5.92. The van der Waals surface area contributed by atoms with Crippen molar-refractivity contribution >= 4 is 0 Å². The predicted molar refractivity (Wildman–Crippen MR) is 60.3 cm³/mol. The molecule has 0 saturated heterocycles. The summed E-state index contributed by atoms with van der Waals surface area (Å²) in [5.74, 6) is 0. The highest BCUT2D eigenvalue weighted by Gasteiger charge is 2.15. The molecule has 0 spiro atoms. The molecule has 1 aliphatic rings. The molecule has 0 saturated carbocycles. The lowest BCUT2D eigenvalue weighted by Gasteiger charge is -2.11. The van der Waals surface area contributed by atoms with E-state index in [1.165, 1.54) is 36.0 Å². The van der Waals surface area contributed by atoms with Crippen molar-refractivity contribution < 1.29 is 0 Å². The highest BCUT2D eigenvalue weighted by Crippen LogP contribution is 2.28. The fraction of sp³-hybridized carbons (Fsp3) is 0.385. The largest absolute Gasteiger partial charge is 0.321 e. The molecule has 0 amide bonds. The molecule has 1 aliphatic carbocycles. The zero-order valence-electron chi connectivity index (χ0n) is 8.72. The van der Waals surface area contributed by atoms with Gasteiger partial charge in [-0.1, -0.05) is 18.2 Å². The molecule has 1 heteroatoms. The van der Waals surface area contributed by atoms with E-state index in [4.69, 9.17) is 5.73 Å². The Bertz CT molecular complexity index is 366. The first-order valence-corrected chi connectivity index (χ1v) is 5.23. The second kappa shape index (κ2) is 3.58. The van der Waals surface area contributed by atoms with Crippen LogP contribution in [0, 0.1) is 6.92 Å². The minimum absolute atomic E-state index is 0.0143. The monoisotopic (exact) mass is 187 g/mol. The van der Waals surface area contributed by atoms with Crippen molar-refractivity contribution in [2.45, 2.75) is 32.2 Å². The van der Waals surface area contributed by atoms with Gasteiger partial charge in [-0.2, -0.15) is 0 Å². The van der Waals surface area contributed by atoms with Crippen LogP contribution in [0.25, 0.3) is 0 Å². The zero-order chi connectivity index (χ0) is 10.1. The van der Waals surface area contributed by atoms with Crippen molar-refractivity contribution in [2.75, 3.05) is 0 Å². The van der Waals surface area contributed by atoms with Gasteiger partial charge in [0.15, 0.2) is 0 Å². The van der Waals surface area contributed by atoms with Gasteiger partial charge < -0.3 is 5.73 Å². The third-order valence-electron chi connectivity index (χ3n) is 3.10. The minimum atomic E-state index is -0.0143. The lowest BCUT2D eigenvalue weighted by atomic mass is 9.97. The van der Waals surface area contributed by atoms with Crippen LogP contribution in [0.15, 0.2) is 24.8 Å². The molecule has 0 unspecified atom stereocenters. The summed E-state index contributed by atoms with van der Waals surface area (Å²) in [6.07, 6.45) is 5.55. The molecule has 1 aromatic rings. The van der Waals surface area contributed by atoms with Crippen molar-refractivity contribution in [3.8, 4) is 0 Å². The molecule has 0 heterocycles. The second-order valence-corrected chi connectivity index (χ2v) is 4.09. The molecule has 0 fully saturated rings. The lowest BCUT2D eigenvalue weighted by molar-refractivity contribution is 0.902. The minimum Gasteiger partial charge on any atom is -0.321 e. The van der Waals surface area contributed by atoms with E-state index in [-0.39, 0.29) is 6.04 Å². The second-order valence-electron chi connectivity index (χ2n) is 4.09. The molecular formula is C13H17N. The van der Waals surface area contributed by atoms with Crippen LogP contribution in [0.5, 0.6) is 0 Å². The van der Waals surface area contributed by atoms with E-state index in [9.17, 15) is 0 Å². The summed E-state index contributed by atoms with van der Waals surface area (Å²) in [5.41, 5.74) is 11.6. The van der Waals surface area contributed by atoms with Crippen LogP contribution in [0.4, 0.5) is 0 Å². The SMILES string of the molecule is C=C[C@@H](N)c1cc(C)c2c(c1)CCC2. The summed E-state index contributed by atoms with van der Waals surface area (Å²) >= 11 is 0. The van der Waals surface area contributed by atoms with Crippen molar-refractivity contribution in [1.82, 2.24) is 0 Å². The van der Waals surface area contributed by atoms with Gasteiger partial charge in [0, 0.05) is 6.04 Å². The van der Waals surface area contributed by atoms with Gasteiger partial charge in [0.2, 0.25) is 0 Å². The molecule has 1 atom stereocenters. The van der Waals surface area contributed by atoms with Gasteiger partial charge in [-0.25, -0.2) is 0 Å². The summed E-state index contributed by atoms with van der Waals surface area (Å²) < 4.78 is 0. The number of aryl methyl sites for hydroxylation is 2. The maximum Gasteiger partial charge on any atom is 0.0478 e. The molecule has 0 aromatic heterocycles. The van der Waals surface area contributed by atoms with Crippen LogP contribution in [0.2, 0.25) is 0 Å². The number of fused-ring (bicyclic) bond motifs is 1. The van der Waals surface area contributed by atoms with Crippen LogP contribution in [-0.4, -0.2) is 0 Å². The molecule has 0 aliphatic heterocycles. The quantitative estimate of drug-likeness (QED) is 0.708. The van der Waals surface area contributed by atoms with E-state index in [1.807, 2.05) is 0 Å². The molecule has 2 N–H and O–H groups in total. The smallest absolute Gasteiger partial charge is 0.0478 e. The summed E-state index contributed by atoms with van der Waals surface area (Å²) in [6, 6.07) is 4.44. The Morgan fingerprint density at radius 1 is 1.43 bits per heavy atom. The topological polar surface area (TPSA) is 26.0 Å². The molecule has 74 valence electrons. The van der Waals surface area contributed by atoms with E-state index in [0.717, 1.165) is 0 Å². The molecule has 2 rings (SSSR count). The Hall–Kier alpha value is -1.08. The van der Waals surface area contributed by atoms with Gasteiger partial charge >= 0.3 is 0 Å². The van der Waals surface area contributed by atoms with Crippen molar-refractivity contribution in [3.05, 3.63) is 47.0 Å². The number of nitrogens with two attached hydrogens (primary N) is 1. The van der Waals surface area contributed by atoms with Crippen LogP contribution in [0.3, 0.4) is 0 Å². The summed E-state index contributed by atoms with van der Waals surface area (Å²) in [7, 11) is 0. The Labute approximate surface area is 85.6 Å². The molecule has 0 bridgehead atoms. The van der Waals surface area contributed by atoms with E-state index >= 15 is 0 Å². The average Bonchev–Trinajstić information content (AvgIpc) is 2.64. The molecular weight excluding hydrogens is 170 g/mol. The standard InChI is InChI=1S/C13H17N/c1-3-13(14)11-7-9(2)12-6-4-5-10(12)8-11/h3,7-8,13H,1,4-6,14H2,2H3/t13-/m1/s1. The van der Waals surface area contributed by atoms with Gasteiger partial charge in [-0.3, -0.25) is 0 Å². The van der Waals surface area contributed by atoms with E-state index in [2.05, 4.69) is 25.6 Å².